The van der Waals surface area contributed by atoms with E-state index in [0.29, 0.717) is 12.0 Å². The average Bonchev–Trinajstić information content (AvgIpc) is 2.62. The molecule has 1 unspecified atom stereocenters. The second-order valence-corrected chi connectivity index (χ2v) is 5.67. The maximum atomic E-state index is 14.3. The van der Waals surface area contributed by atoms with Gasteiger partial charge >= 0.3 is 0 Å². The zero-order valence-corrected chi connectivity index (χ0v) is 13.3. The van der Waals surface area contributed by atoms with Crippen LogP contribution in [0, 0.1) is 33.5 Å². The van der Waals surface area contributed by atoms with Gasteiger partial charge in [0, 0.05) is 18.3 Å². The smallest absolute Gasteiger partial charge is 0.128 e. The van der Waals surface area contributed by atoms with Gasteiger partial charge in [-0.25, -0.2) is 4.39 Å². The van der Waals surface area contributed by atoms with E-state index in [4.69, 9.17) is 5.84 Å². The Kier molecular flexibility index (Phi) is 4.44. The maximum Gasteiger partial charge on any atom is 0.128 e. The fraction of sp³-hybridized carbons (Fsp3) is 0.438. The molecule has 1 atom stereocenters. The number of hydrogen-bond acceptors (Lipinski definition) is 3. The summed E-state index contributed by atoms with van der Waals surface area (Å²) < 4.78 is 16.2. The van der Waals surface area contributed by atoms with Crippen LogP contribution >= 0.6 is 0 Å². The number of nitrogens with zero attached hydrogens (tertiary/aromatic N) is 2. The summed E-state index contributed by atoms with van der Waals surface area (Å²) in [6.45, 7) is 7.79. The molecule has 2 aromatic rings. The van der Waals surface area contributed by atoms with Gasteiger partial charge in [-0.2, -0.15) is 5.10 Å². The normalized spacial score (nSPS) is 12.7. The monoisotopic (exact) mass is 290 g/mol. The van der Waals surface area contributed by atoms with Crippen molar-refractivity contribution in [1.82, 2.24) is 15.2 Å². The van der Waals surface area contributed by atoms with Crippen molar-refractivity contribution in [1.29, 1.82) is 0 Å². The number of hydrazine groups is 1. The largest absolute Gasteiger partial charge is 0.272 e. The first-order valence-electron chi connectivity index (χ1n) is 7.07. The molecule has 0 saturated carbocycles. The lowest BCUT2D eigenvalue weighted by atomic mass is 9.93. The zero-order valence-electron chi connectivity index (χ0n) is 13.3. The molecule has 4 nitrogen and oxygen atoms in total. The number of benzene rings is 1. The van der Waals surface area contributed by atoms with Crippen LogP contribution in [-0.4, -0.2) is 9.78 Å². The SMILES string of the molecule is Cc1cc(C)c(C(Cc2c(C)nn(C)c2C)NN)c(F)c1. The third-order valence-corrected chi connectivity index (χ3v) is 4.10. The van der Waals surface area contributed by atoms with Crippen LogP contribution < -0.4 is 11.3 Å². The van der Waals surface area contributed by atoms with Crippen LogP contribution in [0.1, 0.15) is 39.7 Å². The molecule has 0 aliphatic carbocycles. The molecule has 0 bridgehead atoms. The molecule has 0 aliphatic rings. The summed E-state index contributed by atoms with van der Waals surface area (Å²) in [5, 5.41) is 4.40. The van der Waals surface area contributed by atoms with Crippen molar-refractivity contribution in [3.63, 3.8) is 0 Å². The highest BCUT2D eigenvalue weighted by atomic mass is 19.1. The van der Waals surface area contributed by atoms with Gasteiger partial charge in [0.05, 0.1) is 11.7 Å². The predicted molar refractivity (Wildman–Crippen MR) is 82.3 cm³/mol. The van der Waals surface area contributed by atoms with E-state index in [9.17, 15) is 4.39 Å². The number of nitrogens with one attached hydrogen (secondary N) is 1. The van der Waals surface area contributed by atoms with Crippen molar-refractivity contribution >= 4 is 0 Å². The molecule has 0 spiro atoms. The molecule has 21 heavy (non-hydrogen) atoms. The Labute approximate surface area is 125 Å². The quantitative estimate of drug-likeness (QED) is 0.672. The summed E-state index contributed by atoms with van der Waals surface area (Å²) in [5.41, 5.74) is 8.36. The van der Waals surface area contributed by atoms with Gasteiger partial charge in [-0.05, 0) is 56.9 Å². The van der Waals surface area contributed by atoms with Crippen LogP contribution in [0.4, 0.5) is 4.39 Å². The minimum absolute atomic E-state index is 0.213. The summed E-state index contributed by atoms with van der Waals surface area (Å²) >= 11 is 0. The van der Waals surface area contributed by atoms with Gasteiger partial charge in [0.25, 0.3) is 0 Å². The number of aromatic nitrogens is 2. The van der Waals surface area contributed by atoms with Gasteiger partial charge in [-0.3, -0.25) is 16.0 Å². The minimum atomic E-state index is -0.271. The van der Waals surface area contributed by atoms with Crippen molar-refractivity contribution in [2.24, 2.45) is 12.9 Å². The van der Waals surface area contributed by atoms with E-state index >= 15 is 0 Å². The molecule has 0 amide bonds. The summed E-state index contributed by atoms with van der Waals surface area (Å²) in [4.78, 5) is 0. The van der Waals surface area contributed by atoms with E-state index < -0.39 is 0 Å². The van der Waals surface area contributed by atoms with Gasteiger partial charge in [0.1, 0.15) is 5.82 Å². The summed E-state index contributed by atoms with van der Waals surface area (Å²) in [5.74, 6) is 5.48. The van der Waals surface area contributed by atoms with Crippen molar-refractivity contribution in [3.8, 4) is 0 Å². The van der Waals surface area contributed by atoms with E-state index in [1.807, 2.05) is 45.5 Å². The van der Waals surface area contributed by atoms with Crippen LogP contribution in [0.15, 0.2) is 12.1 Å². The lowest BCUT2D eigenvalue weighted by Crippen LogP contribution is -2.31. The minimum Gasteiger partial charge on any atom is -0.272 e. The first-order chi connectivity index (χ1) is 9.85. The van der Waals surface area contributed by atoms with E-state index in [1.54, 1.807) is 6.07 Å². The highest BCUT2D eigenvalue weighted by Gasteiger charge is 2.21. The number of nitrogens with two attached hydrogens (primary N) is 1. The molecule has 114 valence electrons. The van der Waals surface area contributed by atoms with Crippen molar-refractivity contribution < 1.29 is 4.39 Å². The molecular formula is C16H23FN4. The zero-order chi connectivity index (χ0) is 15.7. The molecule has 1 aromatic carbocycles. The summed E-state index contributed by atoms with van der Waals surface area (Å²) in [6.07, 6.45) is 0.614. The number of rotatable bonds is 4. The highest BCUT2D eigenvalue weighted by molar-refractivity contribution is 5.36. The van der Waals surface area contributed by atoms with Gasteiger partial charge in [-0.15, -0.1) is 0 Å². The van der Waals surface area contributed by atoms with Gasteiger partial charge < -0.3 is 0 Å². The number of halogens is 1. The molecule has 3 N–H and O–H groups in total. The van der Waals surface area contributed by atoms with Gasteiger partial charge in [0.15, 0.2) is 0 Å². The van der Waals surface area contributed by atoms with Crippen molar-refractivity contribution in [2.75, 3.05) is 0 Å². The third kappa shape index (κ3) is 2.99. The summed E-state index contributed by atoms with van der Waals surface area (Å²) in [7, 11) is 1.91. The predicted octanol–water partition coefficient (Wildman–Crippen LogP) is 2.54. The summed E-state index contributed by atoms with van der Waals surface area (Å²) in [6, 6.07) is 3.26. The van der Waals surface area contributed by atoms with Crippen molar-refractivity contribution in [3.05, 3.63) is 51.6 Å². The van der Waals surface area contributed by atoms with E-state index in [2.05, 4.69) is 10.5 Å². The third-order valence-electron chi connectivity index (χ3n) is 4.10. The number of aryl methyl sites for hydroxylation is 4. The second kappa shape index (κ2) is 5.95. The average molecular weight is 290 g/mol. The Morgan fingerprint density at radius 2 is 1.95 bits per heavy atom. The van der Waals surface area contributed by atoms with Crippen molar-refractivity contribution in [2.45, 2.75) is 40.2 Å². The second-order valence-electron chi connectivity index (χ2n) is 5.67. The Morgan fingerprint density at radius 1 is 1.29 bits per heavy atom. The van der Waals surface area contributed by atoms with E-state index in [-0.39, 0.29) is 11.9 Å². The Bertz CT molecular complexity index is 638. The standard InChI is InChI=1S/C16H23FN4/c1-9-6-10(2)16(14(17)7-9)15(19-18)8-13-11(3)20-21(5)12(13)4/h6-7,15,19H,8,18H2,1-5H3. The molecular weight excluding hydrogens is 267 g/mol. The van der Waals surface area contributed by atoms with Gasteiger partial charge in [-0.1, -0.05) is 6.07 Å². The maximum absolute atomic E-state index is 14.3. The Balaban J connectivity index is 2.41. The topological polar surface area (TPSA) is 55.9 Å². The van der Waals surface area contributed by atoms with Crippen LogP contribution in [0.25, 0.3) is 0 Å². The molecule has 2 rings (SSSR count). The van der Waals surface area contributed by atoms with Crippen LogP contribution in [0.5, 0.6) is 0 Å². The fourth-order valence-electron chi connectivity index (χ4n) is 2.93. The van der Waals surface area contributed by atoms with Gasteiger partial charge in [0.2, 0.25) is 0 Å². The highest BCUT2D eigenvalue weighted by Crippen LogP contribution is 2.27. The molecule has 1 aromatic heterocycles. The van der Waals surface area contributed by atoms with E-state index in [1.165, 1.54) is 0 Å². The van der Waals surface area contributed by atoms with Crippen LogP contribution in [-0.2, 0) is 13.5 Å². The Hall–Kier alpha value is -1.72. The lowest BCUT2D eigenvalue weighted by molar-refractivity contribution is 0.505. The Morgan fingerprint density at radius 3 is 2.43 bits per heavy atom. The molecule has 0 fully saturated rings. The number of hydrogen-bond donors (Lipinski definition) is 2. The van der Waals surface area contributed by atoms with Crippen LogP contribution in [0.3, 0.4) is 0 Å². The molecule has 0 radical (unpaired) electrons. The van der Waals surface area contributed by atoms with E-state index in [0.717, 1.165) is 28.1 Å². The molecule has 0 saturated heterocycles. The molecule has 1 heterocycles. The lowest BCUT2D eigenvalue weighted by Gasteiger charge is -2.20. The molecule has 5 heteroatoms. The first kappa shape index (κ1) is 15.7. The fourth-order valence-corrected chi connectivity index (χ4v) is 2.93. The molecule has 0 aliphatic heterocycles. The first-order valence-corrected chi connectivity index (χ1v) is 7.07. The van der Waals surface area contributed by atoms with Crippen LogP contribution in [0.2, 0.25) is 0 Å².